The monoisotopic (exact) mass is 277 g/mol. The van der Waals surface area contributed by atoms with Crippen LogP contribution in [-0.4, -0.2) is 69.9 Å². The number of carbonyl (C=O) groups excluding carboxylic acids is 1. The molecular formula is C14H23N5O. The number of fused-ring (bicyclic) bond motifs is 1. The third kappa shape index (κ3) is 2.71. The molecule has 0 aliphatic carbocycles. The lowest BCUT2D eigenvalue weighted by Crippen LogP contribution is -2.44. The fourth-order valence-electron chi connectivity index (χ4n) is 2.95. The van der Waals surface area contributed by atoms with E-state index >= 15 is 0 Å². The maximum Gasteiger partial charge on any atom is 0.219 e. The summed E-state index contributed by atoms with van der Waals surface area (Å²) < 4.78 is 2.29. The van der Waals surface area contributed by atoms with E-state index in [9.17, 15) is 4.79 Å². The molecule has 20 heavy (non-hydrogen) atoms. The van der Waals surface area contributed by atoms with E-state index in [1.165, 1.54) is 5.69 Å². The summed E-state index contributed by atoms with van der Waals surface area (Å²) in [5.74, 6) is 1.16. The van der Waals surface area contributed by atoms with E-state index in [2.05, 4.69) is 26.4 Å². The first-order valence-corrected chi connectivity index (χ1v) is 7.33. The van der Waals surface area contributed by atoms with Gasteiger partial charge >= 0.3 is 0 Å². The van der Waals surface area contributed by atoms with Crippen molar-refractivity contribution in [1.82, 2.24) is 24.3 Å². The summed E-state index contributed by atoms with van der Waals surface area (Å²) in [5, 5.41) is 0. The van der Waals surface area contributed by atoms with E-state index in [0.29, 0.717) is 6.54 Å². The Hall–Kier alpha value is -1.40. The smallest absolute Gasteiger partial charge is 0.219 e. The van der Waals surface area contributed by atoms with Crippen LogP contribution in [0.2, 0.25) is 0 Å². The highest BCUT2D eigenvalue weighted by atomic mass is 16.2. The molecule has 6 heteroatoms. The molecule has 2 aliphatic heterocycles. The normalized spacial score (nSPS) is 21.0. The molecule has 1 aromatic rings. The van der Waals surface area contributed by atoms with Gasteiger partial charge < -0.3 is 14.4 Å². The van der Waals surface area contributed by atoms with Gasteiger partial charge in [-0.1, -0.05) is 0 Å². The number of likely N-dealkylation sites (N-methyl/N-ethyl adjacent to an activating group) is 1. The van der Waals surface area contributed by atoms with Crippen molar-refractivity contribution in [1.29, 1.82) is 0 Å². The lowest BCUT2D eigenvalue weighted by Gasteiger charge is -2.33. The Labute approximate surface area is 120 Å². The van der Waals surface area contributed by atoms with Crippen LogP contribution >= 0.6 is 0 Å². The summed E-state index contributed by atoms with van der Waals surface area (Å²) in [5.41, 5.74) is 1.28. The van der Waals surface area contributed by atoms with Gasteiger partial charge in [-0.2, -0.15) is 0 Å². The van der Waals surface area contributed by atoms with Crippen molar-refractivity contribution in [3.63, 3.8) is 0 Å². The van der Waals surface area contributed by atoms with E-state index in [0.717, 1.165) is 51.6 Å². The van der Waals surface area contributed by atoms with Gasteiger partial charge in [-0.05, 0) is 7.05 Å². The van der Waals surface area contributed by atoms with Gasteiger partial charge in [-0.3, -0.25) is 9.69 Å². The molecule has 0 aromatic carbocycles. The van der Waals surface area contributed by atoms with Crippen molar-refractivity contribution in [3.8, 4) is 0 Å². The topological polar surface area (TPSA) is 44.6 Å². The van der Waals surface area contributed by atoms with E-state index in [1.807, 2.05) is 11.1 Å². The molecule has 0 N–H and O–H groups in total. The summed E-state index contributed by atoms with van der Waals surface area (Å²) in [4.78, 5) is 22.7. The largest absolute Gasteiger partial charge is 0.334 e. The van der Waals surface area contributed by atoms with E-state index in [-0.39, 0.29) is 5.91 Å². The summed E-state index contributed by atoms with van der Waals surface area (Å²) in [6.45, 7) is 9.44. The first-order valence-electron chi connectivity index (χ1n) is 7.33. The molecular weight excluding hydrogens is 254 g/mol. The highest BCUT2D eigenvalue weighted by Gasteiger charge is 2.22. The molecule has 0 atom stereocenters. The van der Waals surface area contributed by atoms with Crippen molar-refractivity contribution in [2.75, 3.05) is 39.8 Å². The van der Waals surface area contributed by atoms with Crippen molar-refractivity contribution < 1.29 is 4.79 Å². The van der Waals surface area contributed by atoms with Crippen molar-refractivity contribution >= 4 is 5.91 Å². The second-order valence-electron chi connectivity index (χ2n) is 5.84. The number of hydrogen-bond donors (Lipinski definition) is 0. The second kappa shape index (κ2) is 5.54. The number of piperazine rings is 1. The number of nitrogens with zero attached hydrogens (tertiary/aromatic N) is 5. The van der Waals surface area contributed by atoms with Crippen LogP contribution in [0.5, 0.6) is 0 Å². The maximum atomic E-state index is 11.4. The predicted molar refractivity (Wildman–Crippen MR) is 76.1 cm³/mol. The number of rotatable bonds is 2. The van der Waals surface area contributed by atoms with Crippen LogP contribution in [0.4, 0.5) is 0 Å². The quantitative estimate of drug-likeness (QED) is 0.763. The van der Waals surface area contributed by atoms with Gasteiger partial charge in [0.05, 0.1) is 12.2 Å². The third-order valence-electron chi connectivity index (χ3n) is 4.37. The summed E-state index contributed by atoms with van der Waals surface area (Å²) in [6, 6.07) is 0. The molecule has 0 saturated carbocycles. The zero-order chi connectivity index (χ0) is 14.1. The molecule has 2 aliphatic rings. The first kappa shape index (κ1) is 13.6. The molecule has 0 bridgehead atoms. The lowest BCUT2D eigenvalue weighted by molar-refractivity contribution is -0.130. The molecule has 1 fully saturated rings. The molecule has 3 rings (SSSR count). The Bertz CT molecular complexity index is 490. The molecule has 0 radical (unpaired) electrons. The van der Waals surface area contributed by atoms with Crippen LogP contribution < -0.4 is 0 Å². The predicted octanol–water partition coefficient (Wildman–Crippen LogP) is -0.00740. The number of carbonyl (C=O) groups is 1. The van der Waals surface area contributed by atoms with Gasteiger partial charge in [0.2, 0.25) is 5.91 Å². The zero-order valence-electron chi connectivity index (χ0n) is 12.4. The van der Waals surface area contributed by atoms with Gasteiger partial charge in [-0.25, -0.2) is 4.98 Å². The van der Waals surface area contributed by atoms with Crippen LogP contribution in [0.25, 0.3) is 0 Å². The van der Waals surface area contributed by atoms with E-state index in [4.69, 9.17) is 0 Å². The Morgan fingerprint density at radius 3 is 2.65 bits per heavy atom. The molecule has 1 saturated heterocycles. The van der Waals surface area contributed by atoms with Gasteiger partial charge in [0.15, 0.2) is 0 Å². The van der Waals surface area contributed by atoms with Crippen LogP contribution in [0.3, 0.4) is 0 Å². The molecule has 0 spiro atoms. The molecule has 6 nitrogen and oxygen atoms in total. The summed E-state index contributed by atoms with van der Waals surface area (Å²) in [7, 11) is 2.17. The highest BCUT2D eigenvalue weighted by Crippen LogP contribution is 2.16. The molecule has 3 heterocycles. The Balaban J connectivity index is 1.66. The van der Waals surface area contributed by atoms with Crippen LogP contribution in [0.1, 0.15) is 18.4 Å². The lowest BCUT2D eigenvalue weighted by atomic mass is 10.3. The van der Waals surface area contributed by atoms with Gasteiger partial charge in [0.25, 0.3) is 0 Å². The average Bonchev–Trinajstić information content (AvgIpc) is 2.84. The second-order valence-corrected chi connectivity index (χ2v) is 5.84. The van der Waals surface area contributed by atoms with E-state index in [1.54, 1.807) is 6.92 Å². The van der Waals surface area contributed by atoms with Crippen LogP contribution in [0.15, 0.2) is 6.20 Å². The number of imidazole rings is 1. The Kier molecular flexibility index (Phi) is 3.76. The van der Waals surface area contributed by atoms with Gasteiger partial charge in [0, 0.05) is 58.9 Å². The van der Waals surface area contributed by atoms with Gasteiger partial charge in [0.1, 0.15) is 5.82 Å². The van der Waals surface area contributed by atoms with Crippen LogP contribution in [0, 0.1) is 0 Å². The minimum Gasteiger partial charge on any atom is -0.334 e. The number of hydrogen-bond acceptors (Lipinski definition) is 4. The summed E-state index contributed by atoms with van der Waals surface area (Å²) in [6.07, 6.45) is 1.98. The fourth-order valence-corrected chi connectivity index (χ4v) is 2.95. The minimum absolute atomic E-state index is 0.139. The minimum atomic E-state index is 0.139. The SMILES string of the molecule is CC(=O)N1CCn2c(CN3CCN(C)CC3)cnc2C1. The van der Waals surface area contributed by atoms with Gasteiger partial charge in [-0.15, -0.1) is 0 Å². The summed E-state index contributed by atoms with van der Waals surface area (Å²) >= 11 is 0. The van der Waals surface area contributed by atoms with Crippen molar-refractivity contribution in [2.45, 2.75) is 26.6 Å². The maximum absolute atomic E-state index is 11.4. The molecule has 1 aromatic heterocycles. The zero-order valence-corrected chi connectivity index (χ0v) is 12.4. The number of amides is 1. The average molecular weight is 277 g/mol. The number of aromatic nitrogens is 2. The molecule has 1 amide bonds. The third-order valence-corrected chi connectivity index (χ3v) is 4.37. The molecule has 0 unspecified atom stereocenters. The fraction of sp³-hybridized carbons (Fsp3) is 0.714. The highest BCUT2D eigenvalue weighted by molar-refractivity contribution is 5.73. The standard InChI is InChI=1S/C14H23N5O/c1-12(20)18-7-8-19-13(9-15-14(19)11-18)10-17-5-3-16(2)4-6-17/h9H,3-8,10-11H2,1-2H3. The van der Waals surface area contributed by atoms with E-state index < -0.39 is 0 Å². The van der Waals surface area contributed by atoms with Crippen molar-refractivity contribution in [3.05, 3.63) is 17.7 Å². The van der Waals surface area contributed by atoms with Crippen LogP contribution in [-0.2, 0) is 24.4 Å². The first-order chi connectivity index (χ1) is 9.63. The van der Waals surface area contributed by atoms with Crippen molar-refractivity contribution in [2.24, 2.45) is 0 Å². The molecule has 110 valence electrons. The Morgan fingerprint density at radius 1 is 1.20 bits per heavy atom. The Morgan fingerprint density at radius 2 is 1.95 bits per heavy atom.